The predicted molar refractivity (Wildman–Crippen MR) is 73.9 cm³/mol. The van der Waals surface area contributed by atoms with Crippen LogP contribution >= 0.6 is 0 Å². The van der Waals surface area contributed by atoms with E-state index in [9.17, 15) is 19.2 Å². The van der Waals surface area contributed by atoms with E-state index < -0.39 is 42.4 Å². The molecule has 1 N–H and O–H groups in total. The minimum atomic E-state index is -0.699. The van der Waals surface area contributed by atoms with Crippen molar-refractivity contribution in [3.63, 3.8) is 0 Å². The van der Waals surface area contributed by atoms with Crippen molar-refractivity contribution in [3.8, 4) is 0 Å². The minimum Gasteiger partial charge on any atom is -0.463 e. The topological polar surface area (TPSA) is 114 Å². The van der Waals surface area contributed by atoms with Crippen LogP contribution in [-0.4, -0.2) is 72.6 Å². The molecule has 128 valence electrons. The quantitative estimate of drug-likeness (QED) is 0.700. The van der Waals surface area contributed by atoms with E-state index in [-0.39, 0.29) is 19.7 Å². The van der Waals surface area contributed by atoms with Crippen molar-refractivity contribution in [1.82, 2.24) is 15.1 Å². The molecule has 2 saturated heterocycles. The van der Waals surface area contributed by atoms with E-state index in [4.69, 9.17) is 14.2 Å². The second-order valence-electron chi connectivity index (χ2n) is 5.36. The maximum Gasteiger partial charge on any atom is 0.328 e. The third-order valence-corrected chi connectivity index (χ3v) is 3.48. The molecule has 10 heteroatoms. The lowest BCUT2D eigenvalue weighted by Gasteiger charge is -2.36. The zero-order valence-electron chi connectivity index (χ0n) is 13.1. The van der Waals surface area contributed by atoms with Crippen LogP contribution in [0.25, 0.3) is 0 Å². The Bertz CT molecular complexity index is 524. The molecule has 2 aliphatic heterocycles. The monoisotopic (exact) mass is 329 g/mol. The van der Waals surface area contributed by atoms with Crippen LogP contribution in [0.3, 0.4) is 0 Å². The Balaban J connectivity index is 2.05. The number of nitrogens with zero attached hydrogens (tertiary/aromatic N) is 2. The highest BCUT2D eigenvalue weighted by atomic mass is 16.6. The fraction of sp³-hybridized carbons (Fsp3) is 0.692. The van der Waals surface area contributed by atoms with Gasteiger partial charge in [-0.3, -0.25) is 19.8 Å². The normalized spacial score (nSPS) is 27.7. The summed E-state index contributed by atoms with van der Waals surface area (Å²) in [6.45, 7) is 2.47. The van der Waals surface area contributed by atoms with Gasteiger partial charge in [0.25, 0.3) is 0 Å². The van der Waals surface area contributed by atoms with Crippen LogP contribution in [0.2, 0.25) is 0 Å². The number of esters is 2. The van der Waals surface area contributed by atoms with Crippen LogP contribution in [-0.2, 0) is 23.8 Å². The summed E-state index contributed by atoms with van der Waals surface area (Å²) in [7, 11) is 1.53. The Morgan fingerprint density at radius 2 is 1.96 bits per heavy atom. The number of hydrogen-bond donors (Lipinski definition) is 1. The van der Waals surface area contributed by atoms with Crippen LogP contribution in [0, 0.1) is 0 Å². The van der Waals surface area contributed by atoms with Gasteiger partial charge in [0.05, 0.1) is 0 Å². The van der Waals surface area contributed by atoms with Gasteiger partial charge in [-0.05, 0) is 0 Å². The average Bonchev–Trinajstić information content (AvgIpc) is 2.82. The summed E-state index contributed by atoms with van der Waals surface area (Å²) in [6, 6.07) is -1.09. The summed E-state index contributed by atoms with van der Waals surface area (Å²) in [5, 5.41) is 2.18. The van der Waals surface area contributed by atoms with Crippen LogP contribution in [0.5, 0.6) is 0 Å². The summed E-state index contributed by atoms with van der Waals surface area (Å²) < 4.78 is 15.8. The first-order valence-corrected chi connectivity index (χ1v) is 7.06. The van der Waals surface area contributed by atoms with Crippen molar-refractivity contribution < 1.29 is 33.4 Å². The molecule has 23 heavy (non-hydrogen) atoms. The maximum absolute atomic E-state index is 11.9. The number of rotatable bonds is 4. The minimum absolute atomic E-state index is 0.0441. The van der Waals surface area contributed by atoms with E-state index in [1.165, 1.54) is 30.7 Å². The Labute approximate surface area is 132 Å². The molecule has 0 aromatic rings. The summed E-state index contributed by atoms with van der Waals surface area (Å²) in [5.74, 6) is -0.984. The van der Waals surface area contributed by atoms with Crippen molar-refractivity contribution in [2.24, 2.45) is 0 Å². The van der Waals surface area contributed by atoms with E-state index in [2.05, 4.69) is 5.32 Å². The maximum atomic E-state index is 11.9. The van der Waals surface area contributed by atoms with Crippen LogP contribution < -0.4 is 5.32 Å². The number of ether oxygens (including phenoxy) is 3. The van der Waals surface area contributed by atoms with Gasteiger partial charge in [0.2, 0.25) is 0 Å². The van der Waals surface area contributed by atoms with Gasteiger partial charge in [0, 0.05) is 27.3 Å². The summed E-state index contributed by atoms with van der Waals surface area (Å²) in [4.78, 5) is 48.1. The Morgan fingerprint density at radius 1 is 1.26 bits per heavy atom. The van der Waals surface area contributed by atoms with E-state index in [1.54, 1.807) is 0 Å². The summed E-state index contributed by atoms with van der Waals surface area (Å²) >= 11 is 0. The SMILES string of the molecule is CC(=O)OCC1OC(N2CN(C)C(=O)NC2=O)CC1OC(C)=O. The molecule has 2 fully saturated rings. The number of amides is 4. The van der Waals surface area contributed by atoms with Crippen LogP contribution in [0.4, 0.5) is 9.59 Å². The molecule has 0 aromatic carbocycles. The zero-order valence-corrected chi connectivity index (χ0v) is 13.1. The fourth-order valence-corrected chi connectivity index (χ4v) is 2.42. The summed E-state index contributed by atoms with van der Waals surface area (Å²) in [5.41, 5.74) is 0. The van der Waals surface area contributed by atoms with Gasteiger partial charge in [-0.2, -0.15) is 0 Å². The molecule has 0 aromatic heterocycles. The van der Waals surface area contributed by atoms with Crippen molar-refractivity contribution in [1.29, 1.82) is 0 Å². The van der Waals surface area contributed by atoms with E-state index in [1.807, 2.05) is 0 Å². The average molecular weight is 329 g/mol. The van der Waals surface area contributed by atoms with Crippen molar-refractivity contribution >= 4 is 24.0 Å². The molecule has 0 saturated carbocycles. The molecule has 10 nitrogen and oxygen atoms in total. The number of carbonyl (C=O) groups excluding carboxylic acids is 4. The first-order valence-electron chi connectivity index (χ1n) is 7.06. The third kappa shape index (κ3) is 4.09. The number of nitrogens with one attached hydrogen (secondary N) is 1. The lowest BCUT2D eigenvalue weighted by Crippen LogP contribution is -2.60. The van der Waals surface area contributed by atoms with Gasteiger partial charge in [0.1, 0.15) is 31.7 Å². The molecule has 4 amide bonds. The van der Waals surface area contributed by atoms with Crippen LogP contribution in [0.1, 0.15) is 20.3 Å². The van der Waals surface area contributed by atoms with E-state index in [0.29, 0.717) is 0 Å². The highest BCUT2D eigenvalue weighted by molar-refractivity contribution is 5.95. The molecule has 0 aliphatic carbocycles. The van der Waals surface area contributed by atoms with E-state index in [0.717, 1.165) is 0 Å². The Kier molecular flexibility index (Phi) is 5.04. The van der Waals surface area contributed by atoms with Gasteiger partial charge in [-0.15, -0.1) is 0 Å². The second kappa shape index (κ2) is 6.82. The molecule has 3 unspecified atom stereocenters. The van der Waals surface area contributed by atoms with E-state index >= 15 is 0 Å². The standard InChI is InChI=1S/C13H19N3O7/c1-7(17)21-5-10-9(22-8(2)18)4-11(23-10)16-6-15(3)12(19)14-13(16)20/h9-11H,4-6H2,1-3H3,(H,14,19,20). The molecular formula is C13H19N3O7. The molecular weight excluding hydrogens is 310 g/mol. The van der Waals surface area contributed by atoms with Crippen LogP contribution in [0.15, 0.2) is 0 Å². The number of hydrogen-bond acceptors (Lipinski definition) is 7. The molecule has 0 radical (unpaired) electrons. The third-order valence-electron chi connectivity index (χ3n) is 3.48. The molecule has 3 atom stereocenters. The molecule has 2 rings (SSSR count). The fourth-order valence-electron chi connectivity index (χ4n) is 2.42. The number of imide groups is 1. The van der Waals surface area contributed by atoms with Gasteiger partial charge in [-0.25, -0.2) is 9.59 Å². The number of urea groups is 2. The van der Waals surface area contributed by atoms with Crippen molar-refractivity contribution in [3.05, 3.63) is 0 Å². The highest BCUT2D eigenvalue weighted by Gasteiger charge is 2.44. The Hall–Kier alpha value is -2.36. The summed E-state index contributed by atoms with van der Waals surface area (Å²) in [6.07, 6.45) is -1.80. The smallest absolute Gasteiger partial charge is 0.328 e. The first kappa shape index (κ1) is 17.0. The molecule has 2 aliphatic rings. The molecule has 0 bridgehead atoms. The lowest BCUT2D eigenvalue weighted by molar-refractivity contribution is -0.156. The zero-order chi connectivity index (χ0) is 17.1. The van der Waals surface area contributed by atoms with Crippen molar-refractivity contribution in [2.45, 2.75) is 38.7 Å². The number of carbonyl (C=O) groups is 4. The highest BCUT2D eigenvalue weighted by Crippen LogP contribution is 2.27. The van der Waals surface area contributed by atoms with Gasteiger partial charge in [0.15, 0.2) is 0 Å². The predicted octanol–water partition coefficient (Wildman–Crippen LogP) is -0.369. The molecule has 0 spiro atoms. The molecule has 2 heterocycles. The van der Waals surface area contributed by atoms with Gasteiger partial charge < -0.3 is 19.1 Å². The van der Waals surface area contributed by atoms with Gasteiger partial charge in [-0.1, -0.05) is 0 Å². The lowest BCUT2D eigenvalue weighted by atomic mass is 10.2. The second-order valence-corrected chi connectivity index (χ2v) is 5.36. The van der Waals surface area contributed by atoms with Crippen molar-refractivity contribution in [2.75, 3.05) is 20.3 Å². The largest absolute Gasteiger partial charge is 0.463 e. The van der Waals surface area contributed by atoms with Gasteiger partial charge >= 0.3 is 24.0 Å². The Morgan fingerprint density at radius 3 is 2.57 bits per heavy atom. The first-order chi connectivity index (χ1) is 10.8.